The number of nitrogens with zero attached hydrogens (tertiary/aromatic N) is 1. The van der Waals surface area contributed by atoms with Crippen LogP contribution in [0.2, 0.25) is 0 Å². The number of carbonyl (C=O) groups is 1. The standard InChI is InChI=1S/C6H10N3O5P/c10-6(11)9-3-4-14-15(12,13)5-7-1-2-8-5/h1-2,9H,3-4H2,(H,7,8)(H,10,11)(H,12,13). The first-order chi connectivity index (χ1) is 7.02. The summed E-state index contributed by atoms with van der Waals surface area (Å²) in [7, 11) is -3.96. The SMILES string of the molecule is O=C(O)NCCOP(=O)(O)c1ncc[nH]1. The van der Waals surface area contributed by atoms with E-state index in [1.54, 1.807) is 0 Å². The normalized spacial score (nSPS) is 14.5. The van der Waals surface area contributed by atoms with Crippen molar-refractivity contribution < 1.29 is 23.9 Å². The lowest BCUT2D eigenvalue weighted by atomic mass is 10.7. The van der Waals surface area contributed by atoms with Crippen LogP contribution in [-0.2, 0) is 9.09 Å². The van der Waals surface area contributed by atoms with E-state index in [0.29, 0.717) is 0 Å². The molecular formula is C6H10N3O5P. The lowest BCUT2D eigenvalue weighted by Crippen LogP contribution is -2.25. The van der Waals surface area contributed by atoms with Crippen LogP contribution in [0.15, 0.2) is 12.4 Å². The molecule has 1 rings (SSSR count). The van der Waals surface area contributed by atoms with Crippen LogP contribution >= 0.6 is 7.60 Å². The first-order valence-electron chi connectivity index (χ1n) is 3.96. The molecule has 0 aromatic carbocycles. The Kier molecular flexibility index (Phi) is 3.84. The molecule has 15 heavy (non-hydrogen) atoms. The van der Waals surface area contributed by atoms with Gasteiger partial charge in [-0.2, -0.15) is 0 Å². The number of amides is 1. The highest BCUT2D eigenvalue weighted by atomic mass is 31.2. The summed E-state index contributed by atoms with van der Waals surface area (Å²) in [5, 5.41) is 10.2. The average Bonchev–Trinajstić information content (AvgIpc) is 2.65. The van der Waals surface area contributed by atoms with Gasteiger partial charge >= 0.3 is 13.7 Å². The molecule has 8 nitrogen and oxygen atoms in total. The summed E-state index contributed by atoms with van der Waals surface area (Å²) in [6.45, 7) is -0.276. The predicted molar refractivity (Wildman–Crippen MR) is 50.0 cm³/mol. The van der Waals surface area contributed by atoms with Crippen LogP contribution in [0.25, 0.3) is 0 Å². The Hall–Kier alpha value is -1.37. The number of aromatic amines is 1. The highest BCUT2D eigenvalue weighted by Crippen LogP contribution is 2.38. The molecule has 4 N–H and O–H groups in total. The zero-order valence-corrected chi connectivity index (χ0v) is 8.48. The second-order valence-electron chi connectivity index (χ2n) is 2.50. The predicted octanol–water partition coefficient (Wildman–Crippen LogP) is -0.495. The average molecular weight is 235 g/mol. The molecule has 1 amide bonds. The molecule has 0 saturated carbocycles. The summed E-state index contributed by atoms with van der Waals surface area (Å²) in [5.41, 5.74) is -0.169. The minimum Gasteiger partial charge on any atom is -0.465 e. The maximum atomic E-state index is 11.4. The molecule has 1 aromatic rings. The zero-order chi connectivity index (χ0) is 11.3. The van der Waals surface area contributed by atoms with Crippen molar-refractivity contribution in [2.45, 2.75) is 0 Å². The maximum Gasteiger partial charge on any atom is 0.404 e. The van der Waals surface area contributed by atoms with Crippen LogP contribution in [0, 0.1) is 0 Å². The van der Waals surface area contributed by atoms with Crippen LogP contribution in [0.1, 0.15) is 0 Å². The molecule has 0 aliphatic heterocycles. The van der Waals surface area contributed by atoms with Gasteiger partial charge in [-0.15, -0.1) is 0 Å². The summed E-state index contributed by atoms with van der Waals surface area (Å²) >= 11 is 0. The van der Waals surface area contributed by atoms with Gasteiger partial charge in [0.15, 0.2) is 0 Å². The van der Waals surface area contributed by atoms with Gasteiger partial charge in [0, 0.05) is 18.9 Å². The van der Waals surface area contributed by atoms with Gasteiger partial charge in [0.1, 0.15) is 0 Å². The Morgan fingerprint density at radius 1 is 1.73 bits per heavy atom. The maximum absolute atomic E-state index is 11.4. The van der Waals surface area contributed by atoms with E-state index >= 15 is 0 Å². The fourth-order valence-electron chi connectivity index (χ4n) is 0.800. The van der Waals surface area contributed by atoms with Crippen LogP contribution in [0.5, 0.6) is 0 Å². The molecule has 1 heterocycles. The van der Waals surface area contributed by atoms with Gasteiger partial charge in [0.2, 0.25) is 5.57 Å². The van der Waals surface area contributed by atoms with Crippen LogP contribution in [-0.4, -0.2) is 39.2 Å². The van der Waals surface area contributed by atoms with Crippen molar-refractivity contribution in [2.75, 3.05) is 13.2 Å². The van der Waals surface area contributed by atoms with Crippen molar-refractivity contribution in [2.24, 2.45) is 0 Å². The highest BCUT2D eigenvalue weighted by Gasteiger charge is 2.25. The molecule has 1 unspecified atom stereocenters. The minimum atomic E-state index is -3.96. The monoisotopic (exact) mass is 235 g/mol. The van der Waals surface area contributed by atoms with Crippen molar-refractivity contribution in [1.29, 1.82) is 0 Å². The van der Waals surface area contributed by atoms with E-state index in [0.717, 1.165) is 0 Å². The smallest absolute Gasteiger partial charge is 0.404 e. The molecule has 84 valence electrons. The van der Waals surface area contributed by atoms with Gasteiger partial charge in [-0.1, -0.05) is 0 Å². The number of hydrogen-bond donors (Lipinski definition) is 4. The summed E-state index contributed by atoms with van der Waals surface area (Å²) in [6.07, 6.45) is 1.48. The molecular weight excluding hydrogens is 225 g/mol. The Labute approximate surface area is 84.8 Å². The van der Waals surface area contributed by atoms with Gasteiger partial charge in [-0.05, 0) is 0 Å². The van der Waals surface area contributed by atoms with Crippen LogP contribution in [0.3, 0.4) is 0 Å². The zero-order valence-electron chi connectivity index (χ0n) is 7.58. The molecule has 1 aromatic heterocycles. The lowest BCUT2D eigenvalue weighted by molar-refractivity contribution is 0.189. The first-order valence-corrected chi connectivity index (χ1v) is 5.54. The molecule has 0 radical (unpaired) electrons. The quantitative estimate of drug-likeness (QED) is 0.403. The Morgan fingerprint density at radius 3 is 3.00 bits per heavy atom. The Balaban J connectivity index is 2.38. The van der Waals surface area contributed by atoms with Crippen molar-refractivity contribution >= 4 is 19.3 Å². The first kappa shape index (κ1) is 11.7. The van der Waals surface area contributed by atoms with Gasteiger partial charge in [-0.25, -0.2) is 9.78 Å². The van der Waals surface area contributed by atoms with E-state index in [4.69, 9.17) is 5.11 Å². The fourth-order valence-corrected chi connectivity index (χ4v) is 1.71. The van der Waals surface area contributed by atoms with Crippen LogP contribution < -0.4 is 10.9 Å². The molecule has 0 aliphatic rings. The number of hydrogen-bond acceptors (Lipinski definition) is 4. The molecule has 0 fully saturated rings. The lowest BCUT2D eigenvalue weighted by Gasteiger charge is -2.08. The topological polar surface area (TPSA) is 125 Å². The van der Waals surface area contributed by atoms with Gasteiger partial charge in [0.05, 0.1) is 6.61 Å². The number of rotatable bonds is 5. The number of aromatic nitrogens is 2. The van der Waals surface area contributed by atoms with Gasteiger partial charge < -0.3 is 24.8 Å². The summed E-state index contributed by atoms with van der Waals surface area (Å²) < 4.78 is 16.0. The molecule has 0 bridgehead atoms. The third kappa shape index (κ3) is 3.70. The molecule has 9 heteroatoms. The summed E-state index contributed by atoms with van der Waals surface area (Å²) in [4.78, 5) is 25.4. The minimum absolute atomic E-state index is 0.0689. The second-order valence-corrected chi connectivity index (χ2v) is 4.22. The summed E-state index contributed by atoms with van der Waals surface area (Å²) in [5.74, 6) is 0. The van der Waals surface area contributed by atoms with E-state index in [1.807, 2.05) is 5.32 Å². The van der Waals surface area contributed by atoms with E-state index in [9.17, 15) is 14.3 Å². The third-order valence-electron chi connectivity index (χ3n) is 1.40. The summed E-state index contributed by atoms with van der Waals surface area (Å²) in [6, 6.07) is 0. The van der Waals surface area contributed by atoms with Crippen molar-refractivity contribution in [1.82, 2.24) is 15.3 Å². The van der Waals surface area contributed by atoms with Crippen molar-refractivity contribution in [3.05, 3.63) is 12.4 Å². The number of nitrogens with one attached hydrogen (secondary N) is 2. The molecule has 0 saturated heterocycles. The van der Waals surface area contributed by atoms with Crippen LogP contribution in [0.4, 0.5) is 4.79 Å². The molecule has 1 atom stereocenters. The molecule has 0 spiro atoms. The Morgan fingerprint density at radius 2 is 2.47 bits per heavy atom. The largest absolute Gasteiger partial charge is 0.465 e. The second kappa shape index (κ2) is 4.92. The van der Waals surface area contributed by atoms with E-state index in [1.165, 1.54) is 12.4 Å². The van der Waals surface area contributed by atoms with E-state index < -0.39 is 13.7 Å². The van der Waals surface area contributed by atoms with Crippen molar-refractivity contribution in [3.63, 3.8) is 0 Å². The number of H-pyrrole nitrogens is 1. The third-order valence-corrected chi connectivity index (χ3v) is 2.71. The highest BCUT2D eigenvalue weighted by molar-refractivity contribution is 7.60. The van der Waals surface area contributed by atoms with Gasteiger partial charge in [0.25, 0.3) is 0 Å². The molecule has 0 aliphatic carbocycles. The Bertz CT molecular complexity index is 365. The van der Waals surface area contributed by atoms with E-state index in [-0.39, 0.29) is 18.7 Å². The number of imidazole rings is 1. The number of carboxylic acid groups (broad SMARTS) is 1. The van der Waals surface area contributed by atoms with Crippen molar-refractivity contribution in [3.8, 4) is 0 Å². The fraction of sp³-hybridized carbons (Fsp3) is 0.333. The van der Waals surface area contributed by atoms with E-state index in [2.05, 4.69) is 14.5 Å². The van der Waals surface area contributed by atoms with Gasteiger partial charge in [-0.3, -0.25) is 4.57 Å².